The third kappa shape index (κ3) is 9.86. The summed E-state index contributed by atoms with van der Waals surface area (Å²) in [5.41, 5.74) is 1.63. The smallest absolute Gasteiger partial charge is 0.405 e. The van der Waals surface area contributed by atoms with Gasteiger partial charge in [-0.2, -0.15) is 18.3 Å². The summed E-state index contributed by atoms with van der Waals surface area (Å²) >= 11 is 0. The molecule has 6 rings (SSSR count). The van der Waals surface area contributed by atoms with Crippen LogP contribution in [-0.2, 0) is 21.5 Å². The summed E-state index contributed by atoms with van der Waals surface area (Å²) in [6, 6.07) is 17.6. The molecule has 4 aromatic rings. The van der Waals surface area contributed by atoms with Crippen LogP contribution >= 0.6 is 0 Å². The average molecular weight is 768 g/mol. The van der Waals surface area contributed by atoms with Crippen LogP contribution in [0.3, 0.4) is 0 Å². The maximum Gasteiger partial charge on any atom is 0.405 e. The number of hydrogen-bond donors (Lipinski definition) is 4. The van der Waals surface area contributed by atoms with Gasteiger partial charge < -0.3 is 25.6 Å². The van der Waals surface area contributed by atoms with Gasteiger partial charge in [0, 0.05) is 49.9 Å². The Bertz CT molecular complexity index is 1930. The average Bonchev–Trinajstić information content (AvgIpc) is 3.67. The lowest BCUT2D eigenvalue weighted by molar-refractivity contribution is -0.144. The van der Waals surface area contributed by atoms with E-state index >= 15 is 0 Å². The molecule has 4 heterocycles. The number of ether oxygens (including phenoxy) is 1. The fourth-order valence-electron chi connectivity index (χ4n) is 7.23. The second-order valence-electron chi connectivity index (χ2n) is 14.5. The standard InChI is InChI=1S/C39H45F4N7O5/c1-38(2,34-12-13-50(47-34)28-18-27(40)19-44-20-28)49-15-14-48(31(22-49)37(54)45-24-39(41,42)43)21-29(51)17-26(16-25-8-4-3-5-9-25)36(53)46-35-30-10-6-7-11-33(30)55-23-32(35)52/h3-13,18-20,26,29,31-32,35,51-52H,14-17,21-24H2,1-2H3,(H,45,54)(H,46,53)/t26?,29-,31-,32+,35-/m0/s1. The second-order valence-corrected chi connectivity index (χ2v) is 14.5. The number of hydrogen-bond acceptors (Lipinski definition) is 9. The zero-order valence-electron chi connectivity index (χ0n) is 30.5. The summed E-state index contributed by atoms with van der Waals surface area (Å²) in [6.45, 7) is 2.70. The molecule has 1 fully saturated rings. The highest BCUT2D eigenvalue weighted by Gasteiger charge is 2.42. The molecule has 2 aliphatic heterocycles. The quantitative estimate of drug-likeness (QED) is 0.150. The monoisotopic (exact) mass is 767 g/mol. The molecule has 16 heteroatoms. The SMILES string of the molecule is CC(C)(c1ccn(-c2cncc(F)c2)n1)N1CCN(C[C@@H](O)CC(Cc2ccccc2)C(=O)N[C@H]2c3ccccc3OC[C@H]2O)[C@H](C(=O)NCC(F)(F)F)C1. The van der Waals surface area contributed by atoms with Gasteiger partial charge in [-0.15, -0.1) is 0 Å². The van der Waals surface area contributed by atoms with Crippen LogP contribution in [0.15, 0.2) is 85.3 Å². The number of benzene rings is 2. The van der Waals surface area contributed by atoms with Gasteiger partial charge in [0.15, 0.2) is 0 Å². The molecule has 0 radical (unpaired) electrons. The van der Waals surface area contributed by atoms with Crippen LogP contribution in [0.25, 0.3) is 5.69 Å². The van der Waals surface area contributed by atoms with E-state index in [1.807, 2.05) is 54.4 Å². The van der Waals surface area contributed by atoms with Gasteiger partial charge in [0.1, 0.15) is 36.9 Å². The number of halogens is 4. The van der Waals surface area contributed by atoms with Gasteiger partial charge in [0.2, 0.25) is 11.8 Å². The van der Waals surface area contributed by atoms with Crippen molar-refractivity contribution in [1.29, 1.82) is 0 Å². The molecule has 0 bridgehead atoms. The van der Waals surface area contributed by atoms with E-state index in [1.165, 1.54) is 16.9 Å². The summed E-state index contributed by atoms with van der Waals surface area (Å²) < 4.78 is 60.7. The fraction of sp³-hybridized carbons (Fsp3) is 0.436. The molecule has 0 aliphatic carbocycles. The van der Waals surface area contributed by atoms with E-state index in [4.69, 9.17) is 4.74 Å². The van der Waals surface area contributed by atoms with Gasteiger partial charge in [-0.05, 0) is 44.4 Å². The van der Waals surface area contributed by atoms with E-state index in [0.717, 1.165) is 11.8 Å². The number of aromatic nitrogens is 3. The molecule has 2 aromatic carbocycles. The van der Waals surface area contributed by atoms with Crippen LogP contribution in [0.4, 0.5) is 17.6 Å². The number of aliphatic hydroxyl groups excluding tert-OH is 2. The number of aliphatic hydroxyl groups is 2. The van der Waals surface area contributed by atoms with Crippen LogP contribution in [0.2, 0.25) is 0 Å². The number of para-hydroxylation sites is 1. The van der Waals surface area contributed by atoms with Crippen LogP contribution < -0.4 is 15.4 Å². The first-order valence-electron chi connectivity index (χ1n) is 18.1. The van der Waals surface area contributed by atoms with E-state index < -0.39 is 66.1 Å². The maximum atomic E-state index is 14.0. The minimum absolute atomic E-state index is 0.00672. The third-order valence-electron chi connectivity index (χ3n) is 10.3. The van der Waals surface area contributed by atoms with Gasteiger partial charge in [0.25, 0.3) is 0 Å². The zero-order valence-corrected chi connectivity index (χ0v) is 30.5. The number of nitrogens with one attached hydrogen (secondary N) is 2. The largest absolute Gasteiger partial charge is 0.490 e. The number of alkyl halides is 3. The van der Waals surface area contributed by atoms with Crippen LogP contribution in [0.5, 0.6) is 5.75 Å². The summed E-state index contributed by atoms with van der Waals surface area (Å²) in [5.74, 6) is -2.00. The topological polar surface area (TPSA) is 145 Å². The van der Waals surface area contributed by atoms with Crippen molar-refractivity contribution in [2.24, 2.45) is 5.92 Å². The number of β-amino-alcohol motifs (C(OH)–C–C–N with tert-alkyl or cyclic N) is 1. The zero-order chi connectivity index (χ0) is 39.3. The predicted octanol–water partition coefficient (Wildman–Crippen LogP) is 3.53. The maximum absolute atomic E-state index is 14.0. The van der Waals surface area contributed by atoms with E-state index in [-0.39, 0.29) is 39.1 Å². The lowest BCUT2D eigenvalue weighted by atomic mass is 9.90. The number of piperazine rings is 1. The van der Waals surface area contributed by atoms with Gasteiger partial charge in [0.05, 0.1) is 41.5 Å². The van der Waals surface area contributed by atoms with Crippen LogP contribution in [0, 0.1) is 11.7 Å². The molecular weight excluding hydrogens is 722 g/mol. The number of nitrogens with zero attached hydrogens (tertiary/aromatic N) is 5. The van der Waals surface area contributed by atoms with Crippen molar-refractivity contribution in [2.75, 3.05) is 39.3 Å². The Morgan fingerprint density at radius 2 is 1.78 bits per heavy atom. The van der Waals surface area contributed by atoms with Crippen LogP contribution in [0.1, 0.15) is 43.1 Å². The number of amides is 2. The molecule has 0 saturated carbocycles. The molecule has 55 heavy (non-hydrogen) atoms. The van der Waals surface area contributed by atoms with Crippen LogP contribution in [-0.4, -0.2) is 110 Å². The Labute approximate surface area is 316 Å². The lowest BCUT2D eigenvalue weighted by Crippen LogP contribution is -2.63. The molecule has 0 spiro atoms. The normalized spacial score (nSPS) is 20.5. The molecule has 1 unspecified atom stereocenters. The van der Waals surface area contributed by atoms with Crippen molar-refractivity contribution in [3.05, 3.63) is 108 Å². The first-order valence-corrected chi connectivity index (χ1v) is 18.1. The summed E-state index contributed by atoms with van der Waals surface area (Å²) in [7, 11) is 0. The molecule has 2 amide bonds. The van der Waals surface area contributed by atoms with Crippen molar-refractivity contribution in [2.45, 2.75) is 62.7 Å². The molecule has 2 aliphatic rings. The summed E-state index contributed by atoms with van der Waals surface area (Å²) in [4.78, 5) is 34.9. The lowest BCUT2D eigenvalue weighted by Gasteiger charge is -2.47. The number of fused-ring (bicyclic) bond motifs is 1. The molecule has 12 nitrogen and oxygen atoms in total. The number of carbonyl (C=O) groups excluding carboxylic acids is 2. The first kappa shape index (κ1) is 39.8. The van der Waals surface area contributed by atoms with Gasteiger partial charge in [-0.1, -0.05) is 48.5 Å². The van der Waals surface area contributed by atoms with E-state index in [9.17, 15) is 37.4 Å². The number of pyridine rings is 1. The third-order valence-corrected chi connectivity index (χ3v) is 10.3. The van der Waals surface area contributed by atoms with Gasteiger partial charge >= 0.3 is 6.18 Å². The highest BCUT2D eigenvalue weighted by molar-refractivity contribution is 5.82. The minimum Gasteiger partial charge on any atom is -0.490 e. The van der Waals surface area contributed by atoms with Crippen molar-refractivity contribution < 1.29 is 42.1 Å². The highest BCUT2D eigenvalue weighted by Crippen LogP contribution is 2.33. The Morgan fingerprint density at radius 1 is 1.04 bits per heavy atom. The molecule has 294 valence electrons. The summed E-state index contributed by atoms with van der Waals surface area (Å²) in [6.07, 6.45) is -2.38. The Morgan fingerprint density at radius 3 is 2.53 bits per heavy atom. The number of carbonyl (C=O) groups is 2. The van der Waals surface area contributed by atoms with Gasteiger partial charge in [-0.3, -0.25) is 24.4 Å². The molecular formula is C39H45F4N7O5. The predicted molar refractivity (Wildman–Crippen MR) is 193 cm³/mol. The highest BCUT2D eigenvalue weighted by atomic mass is 19.4. The summed E-state index contributed by atoms with van der Waals surface area (Å²) in [5, 5.41) is 31.9. The molecule has 5 atom stereocenters. The van der Waals surface area contributed by atoms with Crippen molar-refractivity contribution >= 4 is 11.8 Å². The molecule has 2 aromatic heterocycles. The second kappa shape index (κ2) is 16.9. The number of rotatable bonds is 13. The van der Waals surface area contributed by atoms with Crippen molar-refractivity contribution in [3.63, 3.8) is 0 Å². The Kier molecular flexibility index (Phi) is 12.2. The van der Waals surface area contributed by atoms with Crippen molar-refractivity contribution in [1.82, 2.24) is 35.2 Å². The van der Waals surface area contributed by atoms with E-state index in [1.54, 1.807) is 41.4 Å². The minimum atomic E-state index is -4.64. The Balaban J connectivity index is 1.19. The fourth-order valence-corrected chi connectivity index (χ4v) is 7.23. The van der Waals surface area contributed by atoms with Gasteiger partial charge in [-0.25, -0.2) is 9.07 Å². The van der Waals surface area contributed by atoms with E-state index in [2.05, 4.69) is 15.4 Å². The van der Waals surface area contributed by atoms with E-state index in [0.29, 0.717) is 29.2 Å². The molecule has 4 N–H and O–H groups in total. The molecule has 1 saturated heterocycles. The Hall–Kier alpha value is -4.90. The first-order chi connectivity index (χ1) is 26.2. The van der Waals surface area contributed by atoms with Crippen molar-refractivity contribution in [3.8, 4) is 11.4 Å².